The Balaban J connectivity index is 0.990. The fourth-order valence-corrected chi connectivity index (χ4v) is 5.82. The summed E-state index contributed by atoms with van der Waals surface area (Å²) in [7, 11) is 1.35. The molecule has 3 aromatic rings. The van der Waals surface area contributed by atoms with Gasteiger partial charge < -0.3 is 30.2 Å². The SMILES string of the molecule is COC(=O)N1CC(Oc2ccc3c(C(=O)NC4CC5(C4)CC(Oc4ccccc4C(N)=O)C5)cnn3c2)C1. The van der Waals surface area contributed by atoms with E-state index in [-0.39, 0.29) is 35.7 Å². The largest absolute Gasteiger partial charge is 0.490 e. The van der Waals surface area contributed by atoms with Crippen LogP contribution in [0.3, 0.4) is 0 Å². The van der Waals surface area contributed by atoms with Crippen LogP contribution in [0.25, 0.3) is 5.52 Å². The first kappa shape index (κ1) is 24.1. The second-order valence-corrected chi connectivity index (χ2v) is 10.5. The number of benzene rings is 1. The Bertz CT molecular complexity index is 1400. The van der Waals surface area contributed by atoms with E-state index < -0.39 is 5.91 Å². The number of nitrogens with zero attached hydrogens (tertiary/aromatic N) is 3. The van der Waals surface area contributed by atoms with Gasteiger partial charge in [-0.3, -0.25) is 9.59 Å². The number of nitrogens with two attached hydrogens (primary N) is 1. The van der Waals surface area contributed by atoms with Crippen LogP contribution >= 0.6 is 0 Å². The van der Waals surface area contributed by atoms with E-state index in [9.17, 15) is 14.4 Å². The van der Waals surface area contributed by atoms with Gasteiger partial charge in [-0.1, -0.05) is 12.1 Å². The number of likely N-dealkylation sites (tertiary alicyclic amines) is 1. The highest BCUT2D eigenvalue weighted by Gasteiger charge is 2.54. The first-order valence-electron chi connectivity index (χ1n) is 12.7. The molecule has 3 amide bonds. The van der Waals surface area contributed by atoms with Crippen molar-refractivity contribution in [3.8, 4) is 11.5 Å². The minimum absolute atomic E-state index is 0.0478. The molecule has 3 aliphatic rings. The maximum atomic E-state index is 13.0. The number of aromatic nitrogens is 2. The van der Waals surface area contributed by atoms with E-state index in [1.165, 1.54) is 7.11 Å². The van der Waals surface area contributed by atoms with Crippen LogP contribution in [0, 0.1) is 5.41 Å². The van der Waals surface area contributed by atoms with Crippen LogP contribution in [0.4, 0.5) is 4.79 Å². The van der Waals surface area contributed by atoms with Gasteiger partial charge in [0.1, 0.15) is 17.6 Å². The van der Waals surface area contributed by atoms with Gasteiger partial charge in [0, 0.05) is 6.04 Å². The highest BCUT2D eigenvalue weighted by Crippen LogP contribution is 2.57. The quantitative estimate of drug-likeness (QED) is 0.489. The van der Waals surface area contributed by atoms with Crippen molar-refractivity contribution in [3.63, 3.8) is 0 Å². The number of methoxy groups -OCH3 is 1. The van der Waals surface area contributed by atoms with E-state index in [2.05, 4.69) is 10.4 Å². The molecule has 2 aliphatic carbocycles. The fourth-order valence-electron chi connectivity index (χ4n) is 5.82. The molecule has 6 rings (SSSR count). The summed E-state index contributed by atoms with van der Waals surface area (Å²) in [6.45, 7) is 0.932. The highest BCUT2D eigenvalue weighted by molar-refractivity contribution is 6.00. The molecule has 11 heteroatoms. The third-order valence-corrected chi connectivity index (χ3v) is 7.78. The minimum atomic E-state index is -0.497. The number of rotatable bonds is 7. The van der Waals surface area contributed by atoms with Crippen molar-refractivity contribution in [1.29, 1.82) is 0 Å². The third kappa shape index (κ3) is 4.37. The summed E-state index contributed by atoms with van der Waals surface area (Å²) >= 11 is 0. The second-order valence-electron chi connectivity index (χ2n) is 10.5. The van der Waals surface area contributed by atoms with Gasteiger partial charge in [0.05, 0.1) is 55.3 Å². The van der Waals surface area contributed by atoms with Crippen LogP contribution in [-0.2, 0) is 4.74 Å². The minimum Gasteiger partial charge on any atom is -0.490 e. The van der Waals surface area contributed by atoms with Crippen LogP contribution in [-0.4, -0.2) is 70.9 Å². The number of para-hydroxylation sites is 1. The van der Waals surface area contributed by atoms with Gasteiger partial charge in [-0.25, -0.2) is 9.31 Å². The molecule has 3 heterocycles. The molecule has 1 aromatic carbocycles. The van der Waals surface area contributed by atoms with Gasteiger partial charge in [-0.05, 0) is 55.4 Å². The molecule has 1 aliphatic heterocycles. The molecule has 2 aromatic heterocycles. The van der Waals surface area contributed by atoms with Crippen LogP contribution < -0.4 is 20.5 Å². The summed E-state index contributed by atoms with van der Waals surface area (Å²) in [6, 6.07) is 10.8. The van der Waals surface area contributed by atoms with Gasteiger partial charge in [-0.15, -0.1) is 0 Å². The maximum Gasteiger partial charge on any atom is 0.409 e. The summed E-state index contributed by atoms with van der Waals surface area (Å²) < 4.78 is 18.3. The Hall–Kier alpha value is -4.28. The van der Waals surface area contributed by atoms with Crippen molar-refractivity contribution >= 4 is 23.4 Å². The van der Waals surface area contributed by atoms with Crippen molar-refractivity contribution in [3.05, 3.63) is 59.9 Å². The molecule has 3 fully saturated rings. The lowest BCUT2D eigenvalue weighted by Gasteiger charge is -2.57. The summed E-state index contributed by atoms with van der Waals surface area (Å²) in [6.07, 6.45) is 6.46. The van der Waals surface area contributed by atoms with Crippen molar-refractivity contribution in [2.75, 3.05) is 20.2 Å². The molecule has 198 valence electrons. The number of ether oxygens (including phenoxy) is 3. The molecule has 0 unspecified atom stereocenters. The lowest BCUT2D eigenvalue weighted by molar-refractivity contribution is -0.0834. The first-order chi connectivity index (χ1) is 18.3. The molecule has 1 spiro atoms. The number of carbonyl (C=O) groups excluding carboxylic acids is 3. The zero-order chi connectivity index (χ0) is 26.4. The average Bonchev–Trinajstić information content (AvgIpc) is 3.26. The average molecular weight is 520 g/mol. The van der Waals surface area contributed by atoms with Gasteiger partial charge in [-0.2, -0.15) is 5.10 Å². The predicted octanol–water partition coefficient (Wildman–Crippen LogP) is 2.38. The summed E-state index contributed by atoms with van der Waals surface area (Å²) in [4.78, 5) is 37.6. The van der Waals surface area contributed by atoms with Gasteiger partial charge in [0.15, 0.2) is 0 Å². The molecular formula is C27H29N5O6. The number of fused-ring (bicyclic) bond motifs is 1. The molecule has 38 heavy (non-hydrogen) atoms. The Morgan fingerprint density at radius 1 is 1.00 bits per heavy atom. The van der Waals surface area contributed by atoms with Gasteiger partial charge in [0.25, 0.3) is 11.8 Å². The van der Waals surface area contributed by atoms with E-state index in [0.717, 1.165) is 25.7 Å². The zero-order valence-electron chi connectivity index (χ0n) is 21.0. The first-order valence-corrected chi connectivity index (χ1v) is 12.7. The molecule has 0 atom stereocenters. The Morgan fingerprint density at radius 2 is 1.76 bits per heavy atom. The van der Waals surface area contributed by atoms with Crippen molar-refractivity contribution < 1.29 is 28.6 Å². The topological polar surface area (TPSA) is 137 Å². The predicted molar refractivity (Wildman–Crippen MR) is 135 cm³/mol. The smallest absolute Gasteiger partial charge is 0.409 e. The number of carbonyl (C=O) groups is 3. The molecule has 1 saturated heterocycles. The Labute approximate surface area is 218 Å². The summed E-state index contributed by atoms with van der Waals surface area (Å²) in [5, 5.41) is 7.46. The van der Waals surface area contributed by atoms with Crippen molar-refractivity contribution in [2.45, 2.75) is 43.9 Å². The Kier molecular flexibility index (Phi) is 5.85. The number of hydrogen-bond donors (Lipinski definition) is 2. The molecule has 3 N–H and O–H groups in total. The number of pyridine rings is 1. The standard InChI is InChI=1S/C27H29N5O6/c1-36-26(35)31-13-19(14-31)37-17-6-7-22-21(12-29-32(22)15-17)25(34)30-16-8-27(9-16)10-18(11-27)38-23-5-3-2-4-20(23)24(28)33/h2-7,12,15-16,18-19H,8-11,13-14H2,1H3,(H2,28,33)(H,30,34). The Morgan fingerprint density at radius 3 is 2.50 bits per heavy atom. The third-order valence-electron chi connectivity index (χ3n) is 7.78. The summed E-state index contributed by atoms with van der Waals surface area (Å²) in [5.74, 6) is 0.497. The van der Waals surface area contributed by atoms with E-state index in [0.29, 0.717) is 41.2 Å². The number of nitrogens with one attached hydrogen (secondary N) is 1. The summed E-state index contributed by atoms with van der Waals surface area (Å²) in [5.41, 5.74) is 7.23. The van der Waals surface area contributed by atoms with Crippen molar-refractivity contribution in [2.24, 2.45) is 11.1 Å². The molecule has 0 radical (unpaired) electrons. The normalized spacial score (nSPS) is 24.2. The lowest BCUT2D eigenvalue weighted by atomic mass is 9.53. The van der Waals surface area contributed by atoms with Crippen LogP contribution in [0.2, 0.25) is 0 Å². The van der Waals surface area contributed by atoms with Crippen LogP contribution in [0.15, 0.2) is 48.8 Å². The van der Waals surface area contributed by atoms with Gasteiger partial charge >= 0.3 is 6.09 Å². The highest BCUT2D eigenvalue weighted by atomic mass is 16.5. The number of hydrogen-bond acceptors (Lipinski definition) is 7. The van der Waals surface area contributed by atoms with Crippen LogP contribution in [0.5, 0.6) is 11.5 Å². The number of amides is 3. The van der Waals surface area contributed by atoms with Crippen molar-refractivity contribution in [1.82, 2.24) is 19.8 Å². The van der Waals surface area contributed by atoms with E-state index in [4.69, 9.17) is 19.9 Å². The molecule has 11 nitrogen and oxygen atoms in total. The van der Waals surface area contributed by atoms with E-state index >= 15 is 0 Å². The second kappa shape index (κ2) is 9.23. The zero-order valence-corrected chi connectivity index (χ0v) is 21.0. The molecule has 0 bridgehead atoms. The maximum absolute atomic E-state index is 13.0. The van der Waals surface area contributed by atoms with E-state index in [1.54, 1.807) is 46.1 Å². The lowest BCUT2D eigenvalue weighted by Crippen LogP contribution is -2.58. The monoisotopic (exact) mass is 519 g/mol. The number of primary amides is 1. The molecular weight excluding hydrogens is 490 g/mol. The van der Waals surface area contributed by atoms with Gasteiger partial charge in [0.2, 0.25) is 0 Å². The fraction of sp³-hybridized carbons (Fsp3) is 0.407. The van der Waals surface area contributed by atoms with Crippen LogP contribution in [0.1, 0.15) is 46.4 Å². The molecule has 2 saturated carbocycles. The van der Waals surface area contributed by atoms with E-state index in [1.807, 2.05) is 12.1 Å².